The summed E-state index contributed by atoms with van der Waals surface area (Å²) in [5.74, 6) is 0. The summed E-state index contributed by atoms with van der Waals surface area (Å²) < 4.78 is 28.6. The van der Waals surface area contributed by atoms with Gasteiger partial charge in [-0.3, -0.25) is 4.79 Å². The Morgan fingerprint density at radius 1 is 0.967 bits per heavy atom. The van der Waals surface area contributed by atoms with Gasteiger partial charge >= 0.3 is 0 Å². The monoisotopic (exact) mass is 484 g/mol. The fourth-order valence-corrected chi connectivity index (χ4v) is 6.24. The van der Waals surface area contributed by atoms with Crippen LogP contribution in [0.4, 0.5) is 5.69 Å². The zero-order valence-corrected chi connectivity index (χ0v) is 18.5. The van der Waals surface area contributed by atoms with E-state index in [0.717, 1.165) is 10.0 Å². The maximum atomic E-state index is 13.8. The average molecular weight is 485 g/mol. The molecular formula is C23H21BrN2O3S. The highest BCUT2D eigenvalue weighted by Gasteiger charge is 2.54. The van der Waals surface area contributed by atoms with Gasteiger partial charge in [0.1, 0.15) is 0 Å². The fraction of sp³-hybridized carbons (Fsp3) is 0.174. The third-order valence-electron chi connectivity index (χ3n) is 5.41. The highest BCUT2D eigenvalue weighted by atomic mass is 79.9. The van der Waals surface area contributed by atoms with Crippen LogP contribution < -0.4 is 10.2 Å². The van der Waals surface area contributed by atoms with Gasteiger partial charge in [-0.1, -0.05) is 64.5 Å². The summed E-state index contributed by atoms with van der Waals surface area (Å²) in [4.78, 5) is 12.7. The lowest BCUT2D eigenvalue weighted by Gasteiger charge is -2.49. The molecule has 7 heteroatoms. The van der Waals surface area contributed by atoms with Crippen LogP contribution >= 0.6 is 15.9 Å². The van der Waals surface area contributed by atoms with E-state index in [1.165, 1.54) is 12.1 Å². The van der Waals surface area contributed by atoms with E-state index in [2.05, 4.69) is 21.2 Å². The molecule has 0 bridgehead atoms. The second-order valence-electron chi connectivity index (χ2n) is 7.19. The van der Waals surface area contributed by atoms with E-state index < -0.39 is 14.7 Å². The number of benzene rings is 3. The van der Waals surface area contributed by atoms with Gasteiger partial charge in [0, 0.05) is 23.2 Å². The minimum absolute atomic E-state index is 0.00682. The number of piperazine rings is 1. The van der Waals surface area contributed by atoms with Crippen molar-refractivity contribution in [3.63, 3.8) is 0 Å². The number of sulfone groups is 1. The number of nitrogens with zero attached hydrogens (tertiary/aromatic N) is 1. The molecule has 1 aliphatic rings. The normalized spacial score (nSPS) is 21.9. The number of nitrogens with one attached hydrogen (secondary N) is 1. The quantitative estimate of drug-likeness (QED) is 0.555. The summed E-state index contributed by atoms with van der Waals surface area (Å²) in [5, 5.41) is 3.20. The molecule has 2 unspecified atom stereocenters. The van der Waals surface area contributed by atoms with Crippen LogP contribution in [-0.2, 0) is 14.6 Å². The maximum Gasteiger partial charge on any atom is 0.216 e. The first-order valence-electron chi connectivity index (χ1n) is 9.56. The van der Waals surface area contributed by atoms with Crippen molar-refractivity contribution >= 4 is 37.7 Å². The van der Waals surface area contributed by atoms with Gasteiger partial charge in [-0.25, -0.2) is 8.42 Å². The first kappa shape index (κ1) is 20.8. The predicted octanol–water partition coefficient (Wildman–Crippen LogP) is 3.97. The summed E-state index contributed by atoms with van der Waals surface area (Å²) >= 11 is 3.50. The van der Waals surface area contributed by atoms with Gasteiger partial charge in [-0.05, 0) is 42.0 Å². The zero-order valence-electron chi connectivity index (χ0n) is 16.1. The summed E-state index contributed by atoms with van der Waals surface area (Å²) in [6.45, 7) is 0.498. The van der Waals surface area contributed by atoms with Crippen molar-refractivity contribution in [2.75, 3.05) is 18.0 Å². The molecule has 0 aromatic heterocycles. The van der Waals surface area contributed by atoms with Crippen molar-refractivity contribution < 1.29 is 13.2 Å². The molecule has 0 radical (unpaired) electrons. The summed E-state index contributed by atoms with van der Waals surface area (Å²) in [6.07, 6.45) is 0.569. The highest BCUT2D eigenvalue weighted by Crippen LogP contribution is 2.41. The highest BCUT2D eigenvalue weighted by molar-refractivity contribution is 9.10. The van der Waals surface area contributed by atoms with Crippen LogP contribution in [-0.4, -0.2) is 32.7 Å². The summed E-state index contributed by atoms with van der Waals surface area (Å²) in [7, 11) is -4.04. The molecule has 30 heavy (non-hydrogen) atoms. The smallest absolute Gasteiger partial charge is 0.216 e. The van der Waals surface area contributed by atoms with E-state index in [1.54, 1.807) is 23.1 Å². The van der Waals surface area contributed by atoms with E-state index in [1.807, 2.05) is 54.6 Å². The van der Waals surface area contributed by atoms with Crippen molar-refractivity contribution in [3.05, 3.63) is 95.0 Å². The Hall–Kier alpha value is -2.48. The molecule has 5 nitrogen and oxygen atoms in total. The average Bonchev–Trinajstić information content (AvgIpc) is 2.79. The molecule has 3 aromatic carbocycles. The summed E-state index contributed by atoms with van der Waals surface area (Å²) in [5.41, 5.74) is 1.59. The fourth-order valence-electron chi connectivity index (χ4n) is 3.99. The van der Waals surface area contributed by atoms with E-state index >= 15 is 0 Å². The van der Waals surface area contributed by atoms with Crippen LogP contribution in [0.5, 0.6) is 0 Å². The van der Waals surface area contributed by atoms with Crippen molar-refractivity contribution in [2.45, 2.75) is 15.8 Å². The van der Waals surface area contributed by atoms with E-state index in [0.29, 0.717) is 18.5 Å². The molecule has 0 aliphatic carbocycles. The number of hydrogen-bond donors (Lipinski definition) is 1. The second kappa shape index (κ2) is 8.34. The molecule has 1 fully saturated rings. The Bertz CT molecular complexity index is 1140. The van der Waals surface area contributed by atoms with Crippen LogP contribution in [0.3, 0.4) is 0 Å². The van der Waals surface area contributed by atoms with Crippen molar-refractivity contribution in [2.24, 2.45) is 0 Å². The number of halogens is 1. The number of carbonyl (C=O) groups excluding carboxylic acids is 1. The third kappa shape index (κ3) is 3.47. The molecule has 1 aliphatic heterocycles. The minimum Gasteiger partial charge on any atom is -0.337 e. The second-order valence-corrected chi connectivity index (χ2v) is 10.3. The Balaban J connectivity index is 1.95. The Labute approximate surface area is 184 Å². The Morgan fingerprint density at radius 3 is 2.27 bits per heavy atom. The standard InChI is InChI=1S/C23H21BrN2O3S/c24-19-9-7-8-18(14-19)22-15-25-16-23(17-27,26(22)20-10-3-1-4-11-20)30(28,29)21-12-5-2-6-13-21/h1-14,17,22,25H,15-16H2. The predicted molar refractivity (Wildman–Crippen MR) is 121 cm³/mol. The SMILES string of the molecule is O=CC1(S(=O)(=O)c2ccccc2)CNCC(c2cccc(Br)c2)N1c1ccccc1. The van der Waals surface area contributed by atoms with E-state index in [-0.39, 0.29) is 17.5 Å². The molecule has 0 saturated carbocycles. The van der Waals surface area contributed by atoms with Crippen molar-refractivity contribution in [1.29, 1.82) is 0 Å². The molecule has 154 valence electrons. The number of hydrogen-bond acceptors (Lipinski definition) is 5. The van der Waals surface area contributed by atoms with Crippen LogP contribution in [0.25, 0.3) is 0 Å². The molecule has 0 amide bonds. The molecule has 0 spiro atoms. The molecule has 3 aromatic rings. The van der Waals surface area contributed by atoms with Gasteiger partial charge in [0.25, 0.3) is 0 Å². The third-order valence-corrected chi connectivity index (χ3v) is 8.16. The van der Waals surface area contributed by atoms with Crippen LogP contribution in [0.1, 0.15) is 11.6 Å². The summed E-state index contributed by atoms with van der Waals surface area (Å²) in [6, 6.07) is 24.8. The first-order valence-corrected chi connectivity index (χ1v) is 11.8. The minimum atomic E-state index is -4.04. The van der Waals surface area contributed by atoms with Gasteiger partial charge < -0.3 is 10.2 Å². The number of anilines is 1. The largest absolute Gasteiger partial charge is 0.337 e. The molecule has 4 rings (SSSR count). The van der Waals surface area contributed by atoms with E-state index in [9.17, 15) is 13.2 Å². The van der Waals surface area contributed by atoms with Crippen LogP contribution in [0.15, 0.2) is 94.3 Å². The lowest BCUT2D eigenvalue weighted by atomic mass is 9.99. The molecule has 1 heterocycles. The van der Waals surface area contributed by atoms with Crippen molar-refractivity contribution in [1.82, 2.24) is 5.32 Å². The van der Waals surface area contributed by atoms with Crippen LogP contribution in [0, 0.1) is 0 Å². The molecular weight excluding hydrogens is 464 g/mol. The number of rotatable bonds is 5. The molecule has 1 saturated heterocycles. The van der Waals surface area contributed by atoms with E-state index in [4.69, 9.17) is 0 Å². The Morgan fingerprint density at radius 2 is 1.63 bits per heavy atom. The number of carbonyl (C=O) groups is 1. The number of aldehydes is 1. The van der Waals surface area contributed by atoms with Gasteiger partial charge in [-0.15, -0.1) is 0 Å². The first-order chi connectivity index (χ1) is 14.5. The maximum absolute atomic E-state index is 13.8. The topological polar surface area (TPSA) is 66.5 Å². The van der Waals surface area contributed by atoms with Crippen molar-refractivity contribution in [3.8, 4) is 0 Å². The molecule has 2 atom stereocenters. The zero-order chi connectivity index (χ0) is 21.2. The van der Waals surface area contributed by atoms with Gasteiger partial charge in [0.15, 0.2) is 6.29 Å². The lowest BCUT2D eigenvalue weighted by Crippen LogP contribution is -2.67. The van der Waals surface area contributed by atoms with Gasteiger partial charge in [-0.2, -0.15) is 0 Å². The lowest BCUT2D eigenvalue weighted by molar-refractivity contribution is -0.110. The van der Waals surface area contributed by atoms with Gasteiger partial charge in [0.2, 0.25) is 14.7 Å². The Kier molecular flexibility index (Phi) is 5.77. The number of para-hydroxylation sites is 1. The van der Waals surface area contributed by atoms with Gasteiger partial charge in [0.05, 0.1) is 10.9 Å². The molecule has 1 N–H and O–H groups in total. The van der Waals surface area contributed by atoms with Crippen LogP contribution in [0.2, 0.25) is 0 Å².